The van der Waals surface area contributed by atoms with E-state index in [1.54, 1.807) is 14.2 Å². The van der Waals surface area contributed by atoms with Crippen molar-refractivity contribution in [1.82, 2.24) is 4.90 Å². The average molecular weight is 335 g/mol. The van der Waals surface area contributed by atoms with Gasteiger partial charge in [-0.15, -0.1) is 0 Å². The lowest BCUT2D eigenvalue weighted by Gasteiger charge is -2.20. The highest BCUT2D eigenvalue weighted by atomic mass is 16.5. The van der Waals surface area contributed by atoms with Gasteiger partial charge in [-0.05, 0) is 37.1 Å². The first-order chi connectivity index (χ1) is 11.6. The van der Waals surface area contributed by atoms with Gasteiger partial charge >= 0.3 is 0 Å². The summed E-state index contributed by atoms with van der Waals surface area (Å²) in [4.78, 5) is 14.3. The first-order valence-corrected chi connectivity index (χ1v) is 9.09. The highest BCUT2D eigenvalue weighted by Crippen LogP contribution is 2.27. The molecular weight excluding hydrogens is 302 g/mol. The average Bonchev–Trinajstić information content (AvgIpc) is 2.61. The molecule has 0 heterocycles. The first-order valence-electron chi connectivity index (χ1n) is 9.09. The molecular formula is C20H33NO3. The number of Topliss-reactive ketones (excluding diaryl/α,β-unsaturated/α-hetero) is 1. The number of carbonyl (C=O) groups excluding carboxylic acids is 1. The van der Waals surface area contributed by atoms with E-state index < -0.39 is 0 Å². The van der Waals surface area contributed by atoms with Crippen LogP contribution in [0.4, 0.5) is 0 Å². The maximum atomic E-state index is 11.9. The Morgan fingerprint density at radius 1 is 1.00 bits per heavy atom. The van der Waals surface area contributed by atoms with Crippen LogP contribution in [-0.2, 0) is 11.2 Å². The third kappa shape index (κ3) is 7.35. The van der Waals surface area contributed by atoms with Crippen molar-refractivity contribution in [2.75, 3.05) is 33.9 Å². The standard InChI is InChI=1S/C20H33NO3/c1-5-7-8-9-18(22)13-15-21(6-2)14-12-17-10-11-19(23-3)20(16-17)24-4/h10-11,16H,5-9,12-15H2,1-4H3. The summed E-state index contributed by atoms with van der Waals surface area (Å²) in [6.07, 6.45) is 5.71. The highest BCUT2D eigenvalue weighted by Gasteiger charge is 2.09. The zero-order valence-corrected chi connectivity index (χ0v) is 15.8. The second-order valence-electron chi connectivity index (χ2n) is 6.12. The van der Waals surface area contributed by atoms with E-state index in [1.165, 1.54) is 12.0 Å². The Morgan fingerprint density at radius 3 is 2.38 bits per heavy atom. The third-order valence-electron chi connectivity index (χ3n) is 4.38. The fourth-order valence-electron chi connectivity index (χ4n) is 2.73. The molecule has 0 saturated carbocycles. The number of ketones is 1. The lowest BCUT2D eigenvalue weighted by molar-refractivity contribution is -0.119. The Bertz CT molecular complexity index is 488. The van der Waals surface area contributed by atoms with Crippen LogP contribution in [0.3, 0.4) is 0 Å². The number of benzene rings is 1. The van der Waals surface area contributed by atoms with Crippen LogP contribution >= 0.6 is 0 Å². The monoisotopic (exact) mass is 335 g/mol. The summed E-state index contributed by atoms with van der Waals surface area (Å²) in [5.74, 6) is 1.92. The molecule has 24 heavy (non-hydrogen) atoms. The Morgan fingerprint density at radius 2 is 1.75 bits per heavy atom. The van der Waals surface area contributed by atoms with Gasteiger partial charge in [0.1, 0.15) is 5.78 Å². The molecule has 0 aliphatic carbocycles. The first kappa shape index (κ1) is 20.5. The summed E-state index contributed by atoms with van der Waals surface area (Å²) in [5, 5.41) is 0. The number of methoxy groups -OCH3 is 2. The predicted octanol–water partition coefficient (Wildman–Crippen LogP) is 4.11. The molecule has 0 N–H and O–H groups in total. The Hall–Kier alpha value is -1.55. The highest BCUT2D eigenvalue weighted by molar-refractivity contribution is 5.78. The van der Waals surface area contributed by atoms with E-state index in [2.05, 4.69) is 24.8 Å². The second-order valence-corrected chi connectivity index (χ2v) is 6.12. The maximum Gasteiger partial charge on any atom is 0.160 e. The van der Waals surface area contributed by atoms with Crippen LogP contribution < -0.4 is 9.47 Å². The molecule has 0 fully saturated rings. The van der Waals surface area contributed by atoms with Crippen LogP contribution in [0, 0.1) is 0 Å². The minimum absolute atomic E-state index is 0.396. The van der Waals surface area contributed by atoms with Crippen molar-refractivity contribution in [1.29, 1.82) is 0 Å². The SMILES string of the molecule is CCCCCC(=O)CCN(CC)CCc1ccc(OC)c(OC)c1. The van der Waals surface area contributed by atoms with Gasteiger partial charge in [0.05, 0.1) is 14.2 Å². The van der Waals surface area contributed by atoms with Crippen LogP contribution in [0.5, 0.6) is 11.5 Å². The van der Waals surface area contributed by atoms with Crippen LogP contribution in [0.1, 0.15) is 51.5 Å². The maximum absolute atomic E-state index is 11.9. The van der Waals surface area contributed by atoms with Crippen LogP contribution in [0.2, 0.25) is 0 Å². The summed E-state index contributed by atoms with van der Waals surface area (Å²) >= 11 is 0. The Labute approximate surface area is 147 Å². The number of ether oxygens (including phenoxy) is 2. The lowest BCUT2D eigenvalue weighted by atomic mass is 10.1. The van der Waals surface area contributed by atoms with Gasteiger partial charge in [-0.3, -0.25) is 4.79 Å². The molecule has 0 bridgehead atoms. The van der Waals surface area contributed by atoms with Gasteiger partial charge in [0, 0.05) is 25.9 Å². The molecule has 0 aliphatic heterocycles. The third-order valence-corrected chi connectivity index (χ3v) is 4.38. The topological polar surface area (TPSA) is 38.8 Å². The summed E-state index contributed by atoms with van der Waals surface area (Å²) < 4.78 is 10.6. The fourth-order valence-corrected chi connectivity index (χ4v) is 2.73. The largest absolute Gasteiger partial charge is 0.493 e. The van der Waals surface area contributed by atoms with Crippen LogP contribution in [-0.4, -0.2) is 44.5 Å². The van der Waals surface area contributed by atoms with Gasteiger partial charge in [0.2, 0.25) is 0 Å². The fraction of sp³-hybridized carbons (Fsp3) is 0.650. The summed E-state index contributed by atoms with van der Waals surface area (Å²) in [7, 11) is 3.30. The number of nitrogens with zero attached hydrogens (tertiary/aromatic N) is 1. The molecule has 0 aromatic heterocycles. The van der Waals surface area contributed by atoms with E-state index in [0.717, 1.165) is 56.8 Å². The van der Waals surface area contributed by atoms with Gasteiger partial charge in [0.25, 0.3) is 0 Å². The molecule has 0 unspecified atom stereocenters. The van der Waals surface area contributed by atoms with Crippen LogP contribution in [0.25, 0.3) is 0 Å². The van der Waals surface area contributed by atoms with Crippen molar-refractivity contribution in [2.24, 2.45) is 0 Å². The van der Waals surface area contributed by atoms with E-state index in [0.29, 0.717) is 12.2 Å². The molecule has 1 aromatic carbocycles. The van der Waals surface area contributed by atoms with Gasteiger partial charge in [-0.2, -0.15) is 0 Å². The summed E-state index contributed by atoms with van der Waals surface area (Å²) in [6, 6.07) is 6.05. The Balaban J connectivity index is 2.41. The van der Waals surface area contributed by atoms with Gasteiger partial charge in [0.15, 0.2) is 11.5 Å². The number of carbonyl (C=O) groups is 1. The second kappa shape index (κ2) is 11.9. The number of unbranched alkanes of at least 4 members (excludes halogenated alkanes) is 2. The predicted molar refractivity (Wildman–Crippen MR) is 99.1 cm³/mol. The molecule has 1 aromatic rings. The van der Waals surface area contributed by atoms with Crippen molar-refractivity contribution in [3.05, 3.63) is 23.8 Å². The van der Waals surface area contributed by atoms with E-state index in [-0.39, 0.29) is 0 Å². The van der Waals surface area contributed by atoms with Crippen molar-refractivity contribution in [3.63, 3.8) is 0 Å². The molecule has 0 spiro atoms. The molecule has 4 nitrogen and oxygen atoms in total. The Kier molecular flexibility index (Phi) is 10.2. The molecule has 0 saturated heterocycles. The zero-order chi connectivity index (χ0) is 17.8. The quantitative estimate of drug-likeness (QED) is 0.509. The van der Waals surface area contributed by atoms with Crippen molar-refractivity contribution in [2.45, 2.75) is 52.4 Å². The molecule has 0 radical (unpaired) electrons. The molecule has 0 amide bonds. The van der Waals surface area contributed by atoms with Gasteiger partial charge in [-0.1, -0.05) is 32.8 Å². The van der Waals surface area contributed by atoms with E-state index in [9.17, 15) is 4.79 Å². The van der Waals surface area contributed by atoms with Crippen molar-refractivity contribution in [3.8, 4) is 11.5 Å². The normalized spacial score (nSPS) is 10.9. The molecule has 0 aliphatic rings. The smallest absolute Gasteiger partial charge is 0.160 e. The minimum atomic E-state index is 0.396. The lowest BCUT2D eigenvalue weighted by Crippen LogP contribution is -2.28. The van der Waals surface area contributed by atoms with Gasteiger partial charge in [-0.25, -0.2) is 0 Å². The van der Waals surface area contributed by atoms with Gasteiger partial charge < -0.3 is 14.4 Å². The van der Waals surface area contributed by atoms with Crippen molar-refractivity contribution < 1.29 is 14.3 Å². The number of rotatable bonds is 13. The molecule has 1 rings (SSSR count). The number of hydrogen-bond donors (Lipinski definition) is 0. The van der Waals surface area contributed by atoms with E-state index in [4.69, 9.17) is 9.47 Å². The van der Waals surface area contributed by atoms with E-state index in [1.807, 2.05) is 12.1 Å². The summed E-state index contributed by atoms with van der Waals surface area (Å²) in [6.45, 7) is 7.09. The molecule has 136 valence electrons. The molecule has 4 heteroatoms. The number of hydrogen-bond acceptors (Lipinski definition) is 4. The van der Waals surface area contributed by atoms with Crippen molar-refractivity contribution >= 4 is 5.78 Å². The molecule has 0 atom stereocenters. The minimum Gasteiger partial charge on any atom is -0.493 e. The van der Waals surface area contributed by atoms with E-state index >= 15 is 0 Å². The van der Waals surface area contributed by atoms with Crippen LogP contribution in [0.15, 0.2) is 18.2 Å². The summed E-state index contributed by atoms with van der Waals surface area (Å²) in [5.41, 5.74) is 1.22. The zero-order valence-electron chi connectivity index (χ0n) is 15.8. The number of likely N-dealkylation sites (N-methyl/N-ethyl adjacent to an activating group) is 1.